The number of likely N-dealkylation sites (N-methyl/N-ethyl adjacent to an activating group) is 1. The van der Waals surface area contributed by atoms with Crippen LogP contribution < -0.4 is 0 Å². The molecule has 30 heavy (non-hydrogen) atoms. The molecule has 0 radical (unpaired) electrons. The van der Waals surface area contributed by atoms with Crippen molar-refractivity contribution < 1.29 is 0 Å². The van der Waals surface area contributed by atoms with E-state index in [0.29, 0.717) is 0 Å². The first-order valence-corrected chi connectivity index (χ1v) is 10.7. The van der Waals surface area contributed by atoms with Crippen molar-refractivity contribution in [3.05, 3.63) is 76.9 Å². The highest BCUT2D eigenvalue weighted by Crippen LogP contribution is 2.12. The normalized spacial score (nSPS) is 16.2. The number of hydrogen-bond donors (Lipinski definition) is 1. The highest BCUT2D eigenvalue weighted by Gasteiger charge is 2.12. The van der Waals surface area contributed by atoms with Crippen LogP contribution in [0.15, 0.2) is 48.7 Å². The van der Waals surface area contributed by atoms with Gasteiger partial charge in [-0.15, -0.1) is 0 Å². The molecule has 1 N–H and O–H groups in total. The number of aromatic nitrogens is 3. The van der Waals surface area contributed by atoms with Crippen LogP contribution in [0.5, 0.6) is 0 Å². The molecule has 0 saturated carbocycles. The summed E-state index contributed by atoms with van der Waals surface area (Å²) in [5.41, 5.74) is 5.69. The lowest BCUT2D eigenvalue weighted by atomic mass is 10.1. The molecule has 2 aromatic heterocycles. The van der Waals surface area contributed by atoms with Gasteiger partial charge in [0, 0.05) is 51.7 Å². The minimum absolute atomic E-state index is 0.931. The van der Waals surface area contributed by atoms with Gasteiger partial charge in [-0.3, -0.25) is 5.10 Å². The van der Waals surface area contributed by atoms with Gasteiger partial charge in [-0.2, -0.15) is 5.10 Å². The topological polar surface area (TPSA) is 40.1 Å². The molecule has 0 unspecified atom stereocenters. The molecule has 3 heterocycles. The Kier molecular flexibility index (Phi) is 6.62. The monoisotopic (exact) mass is 401 g/mol. The molecule has 0 amide bonds. The smallest absolute Gasteiger partial charge is 0.0854 e. The van der Waals surface area contributed by atoms with E-state index in [4.69, 9.17) is 0 Å². The lowest BCUT2D eigenvalue weighted by molar-refractivity contribution is 0.155. The summed E-state index contributed by atoms with van der Waals surface area (Å²) in [5, 5.41) is 7.46. The van der Waals surface area contributed by atoms with Crippen LogP contribution in [0.4, 0.5) is 0 Å². The molecular formula is C25H31N5. The summed E-state index contributed by atoms with van der Waals surface area (Å²) < 4.78 is 2.09. The molecule has 4 rings (SSSR count). The van der Waals surface area contributed by atoms with Crippen molar-refractivity contribution in [1.82, 2.24) is 24.6 Å². The first-order chi connectivity index (χ1) is 14.7. The Morgan fingerprint density at radius 2 is 1.73 bits per heavy atom. The van der Waals surface area contributed by atoms with Crippen LogP contribution in [0.2, 0.25) is 0 Å². The van der Waals surface area contributed by atoms with E-state index in [0.717, 1.165) is 30.0 Å². The average Bonchev–Trinajstić information content (AvgIpc) is 3.39. The zero-order chi connectivity index (χ0) is 20.8. The average molecular weight is 402 g/mol. The molecule has 3 aromatic rings. The SMILES string of the molecule is CN1CCN(CCc2ccc(C=Cc3cc(/C=C/c4cccn4C)[nH]n3)cc2)CC1. The van der Waals surface area contributed by atoms with E-state index in [1.807, 2.05) is 19.3 Å². The van der Waals surface area contributed by atoms with Crippen molar-refractivity contribution in [2.24, 2.45) is 7.05 Å². The van der Waals surface area contributed by atoms with Gasteiger partial charge in [0.1, 0.15) is 0 Å². The first kappa shape index (κ1) is 20.4. The lowest BCUT2D eigenvalue weighted by Gasteiger charge is -2.32. The summed E-state index contributed by atoms with van der Waals surface area (Å²) in [4.78, 5) is 4.97. The summed E-state index contributed by atoms with van der Waals surface area (Å²) in [6.45, 7) is 5.88. The molecular weight excluding hydrogens is 370 g/mol. The van der Waals surface area contributed by atoms with Crippen LogP contribution in [-0.4, -0.2) is 64.3 Å². The summed E-state index contributed by atoms with van der Waals surface area (Å²) >= 11 is 0. The largest absolute Gasteiger partial charge is 0.351 e. The molecule has 1 saturated heterocycles. The van der Waals surface area contributed by atoms with Crippen LogP contribution in [0.3, 0.4) is 0 Å². The fourth-order valence-electron chi connectivity index (χ4n) is 3.68. The van der Waals surface area contributed by atoms with E-state index in [9.17, 15) is 0 Å². The van der Waals surface area contributed by atoms with E-state index in [1.165, 1.54) is 37.3 Å². The van der Waals surface area contributed by atoms with E-state index >= 15 is 0 Å². The number of aromatic amines is 1. The molecule has 1 fully saturated rings. The zero-order valence-corrected chi connectivity index (χ0v) is 18.0. The van der Waals surface area contributed by atoms with Crippen molar-refractivity contribution in [3.8, 4) is 0 Å². The van der Waals surface area contributed by atoms with Gasteiger partial charge >= 0.3 is 0 Å². The van der Waals surface area contributed by atoms with Gasteiger partial charge in [-0.1, -0.05) is 30.3 Å². The van der Waals surface area contributed by atoms with Crippen molar-refractivity contribution >= 4 is 24.3 Å². The van der Waals surface area contributed by atoms with Crippen LogP contribution in [0.25, 0.3) is 24.3 Å². The van der Waals surface area contributed by atoms with Crippen LogP contribution in [0.1, 0.15) is 28.2 Å². The molecule has 0 bridgehead atoms. The predicted octanol–water partition coefficient (Wildman–Crippen LogP) is 3.88. The number of rotatable bonds is 7. The Balaban J connectivity index is 1.28. The van der Waals surface area contributed by atoms with Gasteiger partial charge in [0.15, 0.2) is 0 Å². The number of nitrogens with one attached hydrogen (secondary N) is 1. The number of aryl methyl sites for hydroxylation is 1. The maximum Gasteiger partial charge on any atom is 0.0854 e. The Morgan fingerprint density at radius 3 is 2.47 bits per heavy atom. The molecule has 0 atom stereocenters. The van der Waals surface area contributed by atoms with Crippen molar-refractivity contribution in [2.45, 2.75) is 6.42 Å². The highest BCUT2D eigenvalue weighted by molar-refractivity contribution is 5.71. The maximum atomic E-state index is 4.38. The quantitative estimate of drug-likeness (QED) is 0.653. The van der Waals surface area contributed by atoms with Gasteiger partial charge in [0.05, 0.1) is 11.4 Å². The van der Waals surface area contributed by atoms with Gasteiger partial charge in [-0.25, -0.2) is 0 Å². The second kappa shape index (κ2) is 9.74. The fraction of sp³-hybridized carbons (Fsp3) is 0.320. The number of hydrogen-bond acceptors (Lipinski definition) is 3. The molecule has 1 aliphatic rings. The fourth-order valence-corrected chi connectivity index (χ4v) is 3.68. The Hall–Kier alpha value is -2.89. The number of piperazine rings is 1. The zero-order valence-electron chi connectivity index (χ0n) is 18.0. The van der Waals surface area contributed by atoms with E-state index in [2.05, 4.69) is 92.3 Å². The van der Waals surface area contributed by atoms with E-state index < -0.39 is 0 Å². The first-order valence-electron chi connectivity index (χ1n) is 10.7. The van der Waals surface area contributed by atoms with E-state index in [-0.39, 0.29) is 0 Å². The molecule has 0 spiro atoms. The molecule has 1 aliphatic heterocycles. The van der Waals surface area contributed by atoms with Gasteiger partial charge in [0.25, 0.3) is 0 Å². The third kappa shape index (κ3) is 5.59. The number of H-pyrrole nitrogens is 1. The van der Waals surface area contributed by atoms with E-state index in [1.54, 1.807) is 0 Å². The molecule has 1 aromatic carbocycles. The van der Waals surface area contributed by atoms with Gasteiger partial charge in [-0.05, 0) is 61.0 Å². The predicted molar refractivity (Wildman–Crippen MR) is 126 cm³/mol. The Morgan fingerprint density at radius 1 is 0.933 bits per heavy atom. The number of nitrogens with zero attached hydrogens (tertiary/aromatic N) is 4. The summed E-state index contributed by atoms with van der Waals surface area (Å²) in [6, 6.07) is 15.1. The lowest BCUT2D eigenvalue weighted by Crippen LogP contribution is -2.45. The molecule has 5 heteroatoms. The highest BCUT2D eigenvalue weighted by atomic mass is 15.2. The van der Waals surface area contributed by atoms with Gasteiger partial charge in [0.2, 0.25) is 0 Å². The Bertz CT molecular complexity index is 985. The molecule has 156 valence electrons. The summed E-state index contributed by atoms with van der Waals surface area (Å²) in [7, 11) is 4.24. The minimum Gasteiger partial charge on any atom is -0.351 e. The van der Waals surface area contributed by atoms with Crippen molar-refractivity contribution in [3.63, 3.8) is 0 Å². The molecule has 5 nitrogen and oxygen atoms in total. The van der Waals surface area contributed by atoms with Crippen LogP contribution >= 0.6 is 0 Å². The van der Waals surface area contributed by atoms with Crippen molar-refractivity contribution in [2.75, 3.05) is 39.8 Å². The van der Waals surface area contributed by atoms with Gasteiger partial charge < -0.3 is 14.4 Å². The van der Waals surface area contributed by atoms with Crippen molar-refractivity contribution in [1.29, 1.82) is 0 Å². The summed E-state index contributed by atoms with van der Waals surface area (Å²) in [6.07, 6.45) is 11.5. The number of benzene rings is 1. The second-order valence-corrected chi connectivity index (χ2v) is 8.10. The third-order valence-corrected chi connectivity index (χ3v) is 5.77. The summed E-state index contributed by atoms with van der Waals surface area (Å²) in [5.74, 6) is 0. The minimum atomic E-state index is 0.931. The second-order valence-electron chi connectivity index (χ2n) is 8.10. The Labute approximate surface area is 179 Å². The standard InChI is InChI=1S/C25H31N5/c1-28-16-18-30(19-17-28)15-13-22-7-5-21(6-8-22)9-10-23-20-24(27-26-23)11-12-25-4-3-14-29(25)2/h3-12,14,20H,13,15-19H2,1-2H3,(H,26,27)/b10-9?,12-11+. The van der Waals surface area contributed by atoms with Crippen LogP contribution in [-0.2, 0) is 13.5 Å². The van der Waals surface area contributed by atoms with Crippen LogP contribution in [0, 0.1) is 0 Å². The molecule has 0 aliphatic carbocycles. The maximum absolute atomic E-state index is 4.38. The third-order valence-electron chi connectivity index (χ3n) is 5.77.